The summed E-state index contributed by atoms with van der Waals surface area (Å²) in [5.74, 6) is -0.636. The van der Waals surface area contributed by atoms with Gasteiger partial charge in [-0.05, 0) is 49.6 Å². The van der Waals surface area contributed by atoms with Gasteiger partial charge in [-0.1, -0.05) is 45.8 Å². The van der Waals surface area contributed by atoms with Crippen LogP contribution in [-0.4, -0.2) is 28.7 Å². The van der Waals surface area contributed by atoms with Crippen molar-refractivity contribution in [3.8, 4) is 0 Å². The smallest absolute Gasteiger partial charge is 0.257 e. The lowest BCUT2D eigenvalue weighted by molar-refractivity contribution is -0.140. The van der Waals surface area contributed by atoms with Crippen LogP contribution in [0.1, 0.15) is 30.4 Å². The number of imide groups is 1. The number of anilines is 1. The molecule has 1 saturated carbocycles. The molecule has 28 heavy (non-hydrogen) atoms. The van der Waals surface area contributed by atoms with Gasteiger partial charge < -0.3 is 4.90 Å². The number of carbonyl (C=O) groups is 3. The number of amides is 3. The van der Waals surface area contributed by atoms with E-state index in [4.69, 9.17) is 0 Å². The second kappa shape index (κ2) is 7.51. The molecule has 1 unspecified atom stereocenters. The third-order valence-electron chi connectivity index (χ3n) is 5.27. The molecule has 4 rings (SSSR count). The van der Waals surface area contributed by atoms with Crippen LogP contribution in [0, 0.1) is 12.8 Å². The number of aryl methyl sites for hydroxylation is 1. The average molecular weight is 441 g/mol. The van der Waals surface area contributed by atoms with Crippen molar-refractivity contribution in [1.29, 1.82) is 0 Å². The number of hydrogen-bond donors (Lipinski definition) is 0. The summed E-state index contributed by atoms with van der Waals surface area (Å²) in [5, 5.41) is 0. The maximum absolute atomic E-state index is 13.1. The quantitative estimate of drug-likeness (QED) is 0.663. The standard InChI is InChI=1S/C22H21BrN2O3/c1-14-2-4-15(5-3-14)13-24(21(27)16-6-7-16)19-12-20(26)25(22(19)28)18-10-8-17(23)9-11-18/h2-5,8-11,16,19H,6-7,12-13H2,1H3. The molecule has 1 heterocycles. The number of halogens is 1. The maximum Gasteiger partial charge on any atom is 0.257 e. The van der Waals surface area contributed by atoms with Gasteiger partial charge in [-0.15, -0.1) is 0 Å². The first kappa shape index (κ1) is 18.9. The maximum atomic E-state index is 13.1. The Hall–Kier alpha value is -2.47. The number of nitrogens with zero attached hydrogens (tertiary/aromatic N) is 2. The fourth-order valence-corrected chi connectivity index (χ4v) is 3.78. The van der Waals surface area contributed by atoms with E-state index in [0.717, 1.165) is 28.4 Å². The Kier molecular flexibility index (Phi) is 5.06. The zero-order chi connectivity index (χ0) is 19.8. The first-order chi connectivity index (χ1) is 13.4. The van der Waals surface area contributed by atoms with Crippen molar-refractivity contribution < 1.29 is 14.4 Å². The van der Waals surface area contributed by atoms with E-state index < -0.39 is 6.04 Å². The molecule has 1 aliphatic heterocycles. The van der Waals surface area contributed by atoms with Crippen molar-refractivity contribution in [2.75, 3.05) is 4.90 Å². The average Bonchev–Trinajstić information content (AvgIpc) is 3.48. The predicted octanol–water partition coefficient (Wildman–Crippen LogP) is 3.83. The SMILES string of the molecule is Cc1ccc(CN(C(=O)C2CC2)C2CC(=O)N(c3ccc(Br)cc3)C2=O)cc1. The van der Waals surface area contributed by atoms with Crippen molar-refractivity contribution in [2.24, 2.45) is 5.92 Å². The minimum absolute atomic E-state index is 0.0184. The van der Waals surface area contributed by atoms with Crippen LogP contribution in [0.3, 0.4) is 0 Å². The van der Waals surface area contributed by atoms with E-state index in [1.165, 1.54) is 4.90 Å². The van der Waals surface area contributed by atoms with Crippen molar-refractivity contribution in [3.05, 3.63) is 64.1 Å². The molecule has 1 saturated heterocycles. The lowest BCUT2D eigenvalue weighted by atomic mass is 10.1. The Bertz CT molecular complexity index is 920. The summed E-state index contributed by atoms with van der Waals surface area (Å²) in [6.45, 7) is 2.35. The monoisotopic (exact) mass is 440 g/mol. The van der Waals surface area contributed by atoms with Gasteiger partial charge in [0.05, 0.1) is 12.1 Å². The molecule has 0 N–H and O–H groups in total. The Balaban J connectivity index is 1.61. The molecule has 2 aromatic rings. The largest absolute Gasteiger partial charge is 0.326 e. The Morgan fingerprint density at radius 2 is 1.71 bits per heavy atom. The van der Waals surface area contributed by atoms with Gasteiger partial charge in [-0.2, -0.15) is 0 Å². The van der Waals surface area contributed by atoms with E-state index in [9.17, 15) is 14.4 Å². The topological polar surface area (TPSA) is 57.7 Å². The van der Waals surface area contributed by atoms with E-state index in [2.05, 4.69) is 15.9 Å². The molecule has 1 aliphatic carbocycles. The highest BCUT2D eigenvalue weighted by molar-refractivity contribution is 9.10. The molecule has 2 aromatic carbocycles. The summed E-state index contributed by atoms with van der Waals surface area (Å²) in [6, 6.07) is 14.2. The van der Waals surface area contributed by atoms with Crippen molar-refractivity contribution in [1.82, 2.24) is 4.90 Å². The van der Waals surface area contributed by atoms with Gasteiger partial charge in [-0.3, -0.25) is 14.4 Å². The van der Waals surface area contributed by atoms with Gasteiger partial charge >= 0.3 is 0 Å². The van der Waals surface area contributed by atoms with Crippen LogP contribution >= 0.6 is 15.9 Å². The molecule has 1 atom stereocenters. The normalized spacial score (nSPS) is 19.2. The Labute approximate surface area is 172 Å². The molecule has 6 heteroatoms. The number of rotatable bonds is 5. The lowest BCUT2D eigenvalue weighted by Crippen LogP contribution is -2.45. The van der Waals surface area contributed by atoms with Gasteiger partial charge in [0.2, 0.25) is 11.8 Å². The molecular weight excluding hydrogens is 420 g/mol. The molecule has 0 radical (unpaired) electrons. The highest BCUT2D eigenvalue weighted by atomic mass is 79.9. The molecule has 0 bridgehead atoms. The summed E-state index contributed by atoms with van der Waals surface area (Å²) >= 11 is 3.36. The first-order valence-electron chi connectivity index (χ1n) is 9.42. The highest BCUT2D eigenvalue weighted by Crippen LogP contribution is 2.35. The van der Waals surface area contributed by atoms with E-state index in [1.54, 1.807) is 29.2 Å². The molecule has 3 amide bonds. The van der Waals surface area contributed by atoms with Gasteiger partial charge in [0.25, 0.3) is 5.91 Å². The van der Waals surface area contributed by atoms with Gasteiger partial charge in [-0.25, -0.2) is 4.90 Å². The number of hydrogen-bond acceptors (Lipinski definition) is 3. The molecule has 2 aliphatic rings. The second-order valence-electron chi connectivity index (χ2n) is 7.49. The highest BCUT2D eigenvalue weighted by Gasteiger charge is 2.46. The minimum atomic E-state index is -0.745. The Morgan fingerprint density at radius 1 is 1.07 bits per heavy atom. The molecule has 5 nitrogen and oxygen atoms in total. The number of carbonyl (C=O) groups excluding carboxylic acids is 3. The summed E-state index contributed by atoms with van der Waals surface area (Å²) in [7, 11) is 0. The summed E-state index contributed by atoms with van der Waals surface area (Å²) in [6.07, 6.45) is 1.74. The lowest BCUT2D eigenvalue weighted by Gasteiger charge is -2.28. The first-order valence-corrected chi connectivity index (χ1v) is 10.2. The van der Waals surface area contributed by atoms with Gasteiger partial charge in [0, 0.05) is 16.9 Å². The molecule has 144 valence electrons. The fraction of sp³-hybridized carbons (Fsp3) is 0.318. The van der Waals surface area contributed by atoms with Crippen LogP contribution in [0.25, 0.3) is 0 Å². The minimum Gasteiger partial charge on any atom is -0.326 e. The van der Waals surface area contributed by atoms with E-state index in [1.807, 2.05) is 31.2 Å². The van der Waals surface area contributed by atoms with Crippen LogP contribution in [0.2, 0.25) is 0 Å². The second-order valence-corrected chi connectivity index (χ2v) is 8.41. The fourth-order valence-electron chi connectivity index (χ4n) is 3.52. The Morgan fingerprint density at radius 3 is 2.32 bits per heavy atom. The van der Waals surface area contributed by atoms with E-state index in [-0.39, 0.29) is 30.1 Å². The van der Waals surface area contributed by atoms with Crippen molar-refractivity contribution in [2.45, 2.75) is 38.8 Å². The summed E-state index contributed by atoms with van der Waals surface area (Å²) in [5.41, 5.74) is 2.63. The van der Waals surface area contributed by atoms with Gasteiger partial charge in [0.15, 0.2) is 0 Å². The summed E-state index contributed by atoms with van der Waals surface area (Å²) in [4.78, 5) is 41.5. The van der Waals surface area contributed by atoms with E-state index >= 15 is 0 Å². The van der Waals surface area contributed by atoms with Gasteiger partial charge in [0.1, 0.15) is 6.04 Å². The molecule has 0 aromatic heterocycles. The third-order valence-corrected chi connectivity index (χ3v) is 5.80. The van der Waals surface area contributed by atoms with Crippen LogP contribution in [0.4, 0.5) is 5.69 Å². The van der Waals surface area contributed by atoms with Crippen molar-refractivity contribution in [3.63, 3.8) is 0 Å². The van der Waals surface area contributed by atoms with Crippen LogP contribution in [0.5, 0.6) is 0 Å². The van der Waals surface area contributed by atoms with E-state index in [0.29, 0.717) is 12.2 Å². The predicted molar refractivity (Wildman–Crippen MR) is 109 cm³/mol. The third kappa shape index (κ3) is 3.74. The molecule has 2 fully saturated rings. The molecule has 0 spiro atoms. The van der Waals surface area contributed by atoms with Crippen LogP contribution < -0.4 is 4.90 Å². The zero-order valence-corrected chi connectivity index (χ0v) is 17.2. The molecular formula is C22H21BrN2O3. The van der Waals surface area contributed by atoms with Crippen LogP contribution in [-0.2, 0) is 20.9 Å². The zero-order valence-electron chi connectivity index (χ0n) is 15.6. The number of benzene rings is 2. The van der Waals surface area contributed by atoms with Crippen molar-refractivity contribution >= 4 is 39.3 Å². The summed E-state index contributed by atoms with van der Waals surface area (Å²) < 4.78 is 0.872. The van der Waals surface area contributed by atoms with Crippen LogP contribution in [0.15, 0.2) is 53.0 Å².